The molecule has 1 rings (SSSR count). The van der Waals surface area contributed by atoms with Crippen molar-refractivity contribution in [3.8, 4) is 5.75 Å². The predicted molar refractivity (Wildman–Crippen MR) is 63.0 cm³/mol. The number of carbonyl (C=O) groups is 1. The number of para-hydroxylation sites is 1. The molecule has 1 unspecified atom stereocenters. The van der Waals surface area contributed by atoms with Gasteiger partial charge in [-0.15, -0.1) is 0 Å². The molecule has 88 valence electrons. The Morgan fingerprint density at radius 2 is 2.00 bits per heavy atom. The van der Waals surface area contributed by atoms with E-state index in [4.69, 9.17) is 9.47 Å². The van der Waals surface area contributed by atoms with Crippen LogP contribution in [0.3, 0.4) is 0 Å². The quantitative estimate of drug-likeness (QED) is 0.694. The molecule has 0 aromatic heterocycles. The first-order chi connectivity index (χ1) is 7.74. The number of ether oxygens (including phenoxy) is 2. The molecular formula is C13H18O3. The zero-order chi connectivity index (χ0) is 12.0. The summed E-state index contributed by atoms with van der Waals surface area (Å²) in [5.41, 5.74) is 0.595. The Hall–Kier alpha value is -1.35. The van der Waals surface area contributed by atoms with Gasteiger partial charge < -0.3 is 9.47 Å². The Labute approximate surface area is 96.4 Å². The van der Waals surface area contributed by atoms with Crippen LogP contribution in [0.2, 0.25) is 0 Å². The number of methoxy groups -OCH3 is 1. The Kier molecular flexibility index (Phi) is 4.99. The topological polar surface area (TPSA) is 35.5 Å². The zero-order valence-electron chi connectivity index (χ0n) is 10.0. The molecule has 0 aliphatic rings. The summed E-state index contributed by atoms with van der Waals surface area (Å²) in [5.74, 6) is 0.611. The second-order valence-corrected chi connectivity index (χ2v) is 3.43. The van der Waals surface area contributed by atoms with Crippen molar-refractivity contribution in [3.05, 3.63) is 29.8 Å². The van der Waals surface area contributed by atoms with Gasteiger partial charge in [-0.2, -0.15) is 0 Å². The van der Waals surface area contributed by atoms with Gasteiger partial charge in [-0.25, -0.2) is 0 Å². The van der Waals surface area contributed by atoms with E-state index in [9.17, 15) is 4.79 Å². The van der Waals surface area contributed by atoms with E-state index in [1.807, 2.05) is 26.0 Å². The molecule has 0 saturated carbocycles. The molecule has 0 radical (unpaired) electrons. The third-order valence-electron chi connectivity index (χ3n) is 2.40. The van der Waals surface area contributed by atoms with E-state index in [1.54, 1.807) is 19.2 Å². The lowest BCUT2D eigenvalue weighted by Gasteiger charge is -2.14. The highest BCUT2D eigenvalue weighted by Crippen LogP contribution is 2.21. The smallest absolute Gasteiger partial charge is 0.195 e. The SMILES string of the molecule is CCOc1ccccc1C(=O)C(CC)OC. The van der Waals surface area contributed by atoms with E-state index in [2.05, 4.69) is 0 Å². The van der Waals surface area contributed by atoms with Gasteiger partial charge in [0, 0.05) is 7.11 Å². The molecular weight excluding hydrogens is 204 g/mol. The van der Waals surface area contributed by atoms with E-state index < -0.39 is 0 Å². The van der Waals surface area contributed by atoms with Gasteiger partial charge in [-0.1, -0.05) is 19.1 Å². The highest BCUT2D eigenvalue weighted by atomic mass is 16.5. The van der Waals surface area contributed by atoms with E-state index in [0.29, 0.717) is 24.3 Å². The zero-order valence-corrected chi connectivity index (χ0v) is 10.0. The monoisotopic (exact) mass is 222 g/mol. The average molecular weight is 222 g/mol. The Morgan fingerprint density at radius 1 is 1.31 bits per heavy atom. The first-order valence-electron chi connectivity index (χ1n) is 5.53. The lowest BCUT2D eigenvalue weighted by molar-refractivity contribution is 0.0592. The van der Waals surface area contributed by atoms with Crippen molar-refractivity contribution in [3.63, 3.8) is 0 Å². The summed E-state index contributed by atoms with van der Waals surface area (Å²) in [6.07, 6.45) is 0.275. The molecule has 0 aliphatic carbocycles. The van der Waals surface area contributed by atoms with Crippen molar-refractivity contribution in [2.45, 2.75) is 26.4 Å². The number of ketones is 1. The summed E-state index contributed by atoms with van der Waals surface area (Å²) in [6.45, 7) is 4.37. The molecule has 3 heteroatoms. The first-order valence-corrected chi connectivity index (χ1v) is 5.53. The van der Waals surface area contributed by atoms with E-state index in [1.165, 1.54) is 0 Å². The highest BCUT2D eigenvalue weighted by molar-refractivity contribution is 6.01. The average Bonchev–Trinajstić information content (AvgIpc) is 2.31. The van der Waals surface area contributed by atoms with E-state index in [-0.39, 0.29) is 11.9 Å². The van der Waals surface area contributed by atoms with Gasteiger partial charge in [0.15, 0.2) is 5.78 Å². The third kappa shape index (κ3) is 2.83. The highest BCUT2D eigenvalue weighted by Gasteiger charge is 2.20. The van der Waals surface area contributed by atoms with Gasteiger partial charge in [0.2, 0.25) is 0 Å². The van der Waals surface area contributed by atoms with Crippen molar-refractivity contribution in [2.24, 2.45) is 0 Å². The maximum atomic E-state index is 12.1. The standard InChI is InChI=1S/C13H18O3/c1-4-11(15-3)13(14)10-8-6-7-9-12(10)16-5-2/h6-9,11H,4-5H2,1-3H3. The fraction of sp³-hybridized carbons (Fsp3) is 0.462. The Bertz CT molecular complexity index is 343. The molecule has 0 N–H and O–H groups in total. The normalized spacial score (nSPS) is 12.2. The molecule has 0 aliphatic heterocycles. The van der Waals surface area contributed by atoms with Crippen LogP contribution in [0.4, 0.5) is 0 Å². The minimum Gasteiger partial charge on any atom is -0.493 e. The van der Waals surface area contributed by atoms with Crippen LogP contribution in [0.1, 0.15) is 30.6 Å². The molecule has 0 amide bonds. The maximum absolute atomic E-state index is 12.1. The Balaban J connectivity index is 2.97. The van der Waals surface area contributed by atoms with Crippen molar-refractivity contribution >= 4 is 5.78 Å². The van der Waals surface area contributed by atoms with Gasteiger partial charge in [-0.05, 0) is 25.5 Å². The minimum absolute atomic E-state index is 0.0194. The van der Waals surface area contributed by atoms with Crippen molar-refractivity contribution in [1.29, 1.82) is 0 Å². The van der Waals surface area contributed by atoms with Crippen molar-refractivity contribution < 1.29 is 14.3 Å². The minimum atomic E-state index is -0.387. The summed E-state index contributed by atoms with van der Waals surface area (Å²) in [7, 11) is 1.55. The molecule has 3 nitrogen and oxygen atoms in total. The van der Waals surface area contributed by atoms with Crippen LogP contribution in [0.25, 0.3) is 0 Å². The van der Waals surface area contributed by atoms with Crippen LogP contribution in [-0.4, -0.2) is 25.6 Å². The fourth-order valence-corrected chi connectivity index (χ4v) is 1.58. The van der Waals surface area contributed by atoms with Gasteiger partial charge in [0.25, 0.3) is 0 Å². The molecule has 0 heterocycles. The third-order valence-corrected chi connectivity index (χ3v) is 2.40. The Morgan fingerprint density at radius 3 is 2.56 bits per heavy atom. The number of rotatable bonds is 6. The van der Waals surface area contributed by atoms with Crippen molar-refractivity contribution in [2.75, 3.05) is 13.7 Å². The summed E-state index contributed by atoms with van der Waals surface area (Å²) >= 11 is 0. The summed E-state index contributed by atoms with van der Waals surface area (Å²) in [5, 5.41) is 0. The predicted octanol–water partition coefficient (Wildman–Crippen LogP) is 2.69. The fourth-order valence-electron chi connectivity index (χ4n) is 1.58. The van der Waals surface area contributed by atoms with Crippen LogP contribution in [0, 0.1) is 0 Å². The van der Waals surface area contributed by atoms with Crippen LogP contribution < -0.4 is 4.74 Å². The number of Topliss-reactive ketones (excluding diaryl/α,β-unsaturated/α-hetero) is 1. The number of hydrogen-bond donors (Lipinski definition) is 0. The number of benzene rings is 1. The molecule has 0 bridgehead atoms. The second kappa shape index (κ2) is 6.28. The second-order valence-electron chi connectivity index (χ2n) is 3.43. The molecule has 16 heavy (non-hydrogen) atoms. The largest absolute Gasteiger partial charge is 0.493 e. The van der Waals surface area contributed by atoms with Gasteiger partial charge in [-0.3, -0.25) is 4.79 Å². The first kappa shape index (κ1) is 12.7. The van der Waals surface area contributed by atoms with E-state index >= 15 is 0 Å². The number of hydrogen-bond acceptors (Lipinski definition) is 3. The lowest BCUT2D eigenvalue weighted by Crippen LogP contribution is -2.22. The lowest BCUT2D eigenvalue weighted by atomic mass is 10.0. The van der Waals surface area contributed by atoms with Gasteiger partial charge >= 0.3 is 0 Å². The maximum Gasteiger partial charge on any atom is 0.195 e. The molecule has 1 atom stereocenters. The van der Waals surface area contributed by atoms with Gasteiger partial charge in [0.05, 0.1) is 12.2 Å². The molecule has 1 aromatic rings. The molecule has 0 fully saturated rings. The van der Waals surface area contributed by atoms with Crippen LogP contribution >= 0.6 is 0 Å². The van der Waals surface area contributed by atoms with E-state index in [0.717, 1.165) is 0 Å². The molecule has 1 aromatic carbocycles. The van der Waals surface area contributed by atoms with Crippen LogP contribution in [-0.2, 0) is 4.74 Å². The molecule has 0 saturated heterocycles. The van der Waals surface area contributed by atoms with Crippen molar-refractivity contribution in [1.82, 2.24) is 0 Å². The molecule has 0 spiro atoms. The summed E-state index contributed by atoms with van der Waals surface area (Å²) < 4.78 is 10.6. The van der Waals surface area contributed by atoms with Crippen LogP contribution in [0.5, 0.6) is 5.75 Å². The number of carbonyl (C=O) groups excluding carboxylic acids is 1. The summed E-state index contributed by atoms with van der Waals surface area (Å²) in [4.78, 5) is 12.1. The van der Waals surface area contributed by atoms with Gasteiger partial charge in [0.1, 0.15) is 11.9 Å². The van der Waals surface area contributed by atoms with Crippen LogP contribution in [0.15, 0.2) is 24.3 Å². The summed E-state index contributed by atoms with van der Waals surface area (Å²) in [6, 6.07) is 7.27.